The van der Waals surface area contributed by atoms with Crippen molar-refractivity contribution in [3.63, 3.8) is 0 Å². The van der Waals surface area contributed by atoms with Crippen molar-refractivity contribution in [2.24, 2.45) is 0 Å². The molecular formula is C16H15ClN4O2S. The Balaban J connectivity index is 1.72. The third-order valence-electron chi connectivity index (χ3n) is 3.95. The van der Waals surface area contributed by atoms with E-state index in [1.165, 1.54) is 10.5 Å². The third-order valence-corrected chi connectivity index (χ3v) is 6.14. The van der Waals surface area contributed by atoms with Crippen molar-refractivity contribution in [3.8, 4) is 6.07 Å². The fourth-order valence-electron chi connectivity index (χ4n) is 2.63. The van der Waals surface area contributed by atoms with E-state index in [4.69, 9.17) is 16.9 Å². The first kappa shape index (κ1) is 16.7. The second kappa shape index (κ2) is 6.77. The molecule has 0 N–H and O–H groups in total. The SMILES string of the molecule is N#Cc1ccc(N2CCN(S(=O)(=O)c3cccnc3)CC2)cc1Cl. The second-order valence-electron chi connectivity index (χ2n) is 5.36. The van der Waals surface area contributed by atoms with Crippen LogP contribution < -0.4 is 4.90 Å². The van der Waals surface area contributed by atoms with Crippen LogP contribution in [0, 0.1) is 11.3 Å². The van der Waals surface area contributed by atoms with Gasteiger partial charge in [-0.15, -0.1) is 0 Å². The number of halogens is 1. The topological polar surface area (TPSA) is 77.3 Å². The molecule has 0 radical (unpaired) electrons. The number of nitriles is 1. The highest BCUT2D eigenvalue weighted by molar-refractivity contribution is 7.89. The molecule has 0 bridgehead atoms. The van der Waals surface area contributed by atoms with Crippen molar-refractivity contribution in [3.05, 3.63) is 53.3 Å². The van der Waals surface area contributed by atoms with Gasteiger partial charge in [0.05, 0.1) is 10.6 Å². The quantitative estimate of drug-likeness (QED) is 0.835. The van der Waals surface area contributed by atoms with Crippen LogP contribution in [0.15, 0.2) is 47.6 Å². The summed E-state index contributed by atoms with van der Waals surface area (Å²) in [6, 6.07) is 10.4. The normalized spacial score (nSPS) is 15.9. The Morgan fingerprint density at radius 2 is 1.92 bits per heavy atom. The molecule has 2 heterocycles. The lowest BCUT2D eigenvalue weighted by molar-refractivity contribution is 0.385. The molecule has 0 aliphatic carbocycles. The van der Waals surface area contributed by atoms with Gasteiger partial charge in [0.15, 0.2) is 0 Å². The Kier molecular flexibility index (Phi) is 4.71. The number of pyridine rings is 1. The fraction of sp³-hybridized carbons (Fsp3) is 0.250. The summed E-state index contributed by atoms with van der Waals surface area (Å²) in [6.07, 6.45) is 2.91. The number of sulfonamides is 1. The Hall–Kier alpha value is -2.14. The molecule has 0 unspecified atom stereocenters. The van der Waals surface area contributed by atoms with Gasteiger partial charge in [-0.3, -0.25) is 4.98 Å². The van der Waals surface area contributed by atoms with Gasteiger partial charge < -0.3 is 4.90 Å². The average molecular weight is 363 g/mol. The van der Waals surface area contributed by atoms with Crippen LogP contribution in [-0.2, 0) is 10.0 Å². The van der Waals surface area contributed by atoms with E-state index < -0.39 is 10.0 Å². The number of aromatic nitrogens is 1. The maximum atomic E-state index is 12.6. The third kappa shape index (κ3) is 3.22. The lowest BCUT2D eigenvalue weighted by Crippen LogP contribution is -2.48. The molecular weight excluding hydrogens is 348 g/mol. The molecule has 1 aromatic heterocycles. The highest BCUT2D eigenvalue weighted by Crippen LogP contribution is 2.25. The minimum Gasteiger partial charge on any atom is -0.369 e. The summed E-state index contributed by atoms with van der Waals surface area (Å²) in [7, 11) is -3.51. The number of nitrogens with zero attached hydrogens (tertiary/aromatic N) is 4. The summed E-state index contributed by atoms with van der Waals surface area (Å²) >= 11 is 6.07. The van der Waals surface area contributed by atoms with Gasteiger partial charge in [-0.25, -0.2) is 8.42 Å². The minimum absolute atomic E-state index is 0.208. The van der Waals surface area contributed by atoms with Crippen LogP contribution >= 0.6 is 11.6 Å². The number of piperazine rings is 1. The molecule has 24 heavy (non-hydrogen) atoms. The van der Waals surface area contributed by atoms with Gasteiger partial charge in [0.25, 0.3) is 0 Å². The predicted octanol–water partition coefficient (Wildman–Crippen LogP) is 2.12. The predicted molar refractivity (Wildman–Crippen MR) is 91.4 cm³/mol. The Morgan fingerprint density at radius 3 is 2.50 bits per heavy atom. The van der Waals surface area contributed by atoms with E-state index >= 15 is 0 Å². The summed E-state index contributed by atoms with van der Waals surface area (Å²) in [6.45, 7) is 1.88. The molecule has 1 aliphatic rings. The molecule has 0 amide bonds. The molecule has 6 nitrogen and oxygen atoms in total. The van der Waals surface area contributed by atoms with Crippen molar-refractivity contribution in [1.29, 1.82) is 5.26 Å². The molecule has 1 saturated heterocycles. The number of hydrogen-bond donors (Lipinski definition) is 0. The molecule has 1 aliphatic heterocycles. The molecule has 0 atom stereocenters. The largest absolute Gasteiger partial charge is 0.369 e. The fourth-order valence-corrected chi connectivity index (χ4v) is 4.23. The molecule has 1 aromatic carbocycles. The maximum Gasteiger partial charge on any atom is 0.244 e. The maximum absolute atomic E-state index is 12.6. The zero-order chi connectivity index (χ0) is 17.2. The van der Waals surface area contributed by atoms with Crippen LogP contribution in [0.4, 0.5) is 5.69 Å². The molecule has 8 heteroatoms. The minimum atomic E-state index is -3.51. The Labute approximate surface area is 146 Å². The van der Waals surface area contributed by atoms with Crippen LogP contribution in [0.25, 0.3) is 0 Å². The first-order chi connectivity index (χ1) is 11.5. The highest BCUT2D eigenvalue weighted by Gasteiger charge is 2.28. The summed E-state index contributed by atoms with van der Waals surface area (Å²) in [4.78, 5) is 6.14. The highest BCUT2D eigenvalue weighted by atomic mass is 35.5. The monoisotopic (exact) mass is 362 g/mol. The molecule has 1 fully saturated rings. The standard InChI is InChI=1S/C16H15ClN4O2S/c17-16-10-14(4-3-13(16)11-18)20-6-8-21(9-7-20)24(22,23)15-2-1-5-19-12-15/h1-5,10,12H,6-9H2. The van der Waals surface area contributed by atoms with E-state index in [-0.39, 0.29) is 4.90 Å². The summed E-state index contributed by atoms with van der Waals surface area (Å²) in [5, 5.41) is 9.33. The van der Waals surface area contributed by atoms with Gasteiger partial charge >= 0.3 is 0 Å². The summed E-state index contributed by atoms with van der Waals surface area (Å²) in [5.74, 6) is 0. The van der Waals surface area contributed by atoms with Gasteiger partial charge in [-0.05, 0) is 30.3 Å². The number of benzene rings is 1. The number of hydrogen-bond acceptors (Lipinski definition) is 5. The van der Waals surface area contributed by atoms with Gasteiger partial charge in [-0.2, -0.15) is 9.57 Å². The number of anilines is 1. The van der Waals surface area contributed by atoms with Crippen molar-refractivity contribution in [2.75, 3.05) is 31.1 Å². The van der Waals surface area contributed by atoms with Crippen LogP contribution in [0.2, 0.25) is 5.02 Å². The zero-order valence-corrected chi connectivity index (χ0v) is 14.3. The Morgan fingerprint density at radius 1 is 1.17 bits per heavy atom. The van der Waals surface area contributed by atoms with E-state index in [9.17, 15) is 8.42 Å². The molecule has 3 rings (SSSR count). The van der Waals surface area contributed by atoms with Crippen LogP contribution in [0.1, 0.15) is 5.56 Å². The molecule has 124 valence electrons. The lowest BCUT2D eigenvalue weighted by Gasteiger charge is -2.35. The van der Waals surface area contributed by atoms with E-state index in [1.807, 2.05) is 12.1 Å². The first-order valence-electron chi connectivity index (χ1n) is 7.37. The van der Waals surface area contributed by atoms with Gasteiger partial charge in [0.1, 0.15) is 11.0 Å². The molecule has 0 saturated carbocycles. The Bertz CT molecular complexity index is 873. The average Bonchev–Trinajstić information content (AvgIpc) is 2.62. The van der Waals surface area contributed by atoms with Crippen molar-refractivity contribution < 1.29 is 8.42 Å². The van der Waals surface area contributed by atoms with E-state index in [1.54, 1.807) is 30.5 Å². The molecule has 2 aromatic rings. The van der Waals surface area contributed by atoms with Gasteiger partial charge in [-0.1, -0.05) is 11.6 Å². The van der Waals surface area contributed by atoms with Gasteiger partial charge in [0.2, 0.25) is 10.0 Å². The van der Waals surface area contributed by atoms with E-state index in [0.717, 1.165) is 5.69 Å². The summed E-state index contributed by atoms with van der Waals surface area (Å²) in [5.41, 5.74) is 1.32. The smallest absolute Gasteiger partial charge is 0.244 e. The van der Waals surface area contributed by atoms with Crippen molar-refractivity contribution in [1.82, 2.24) is 9.29 Å². The van der Waals surface area contributed by atoms with Crippen LogP contribution in [0.3, 0.4) is 0 Å². The zero-order valence-electron chi connectivity index (χ0n) is 12.8. The van der Waals surface area contributed by atoms with E-state index in [2.05, 4.69) is 9.88 Å². The van der Waals surface area contributed by atoms with Crippen molar-refractivity contribution >= 4 is 27.3 Å². The van der Waals surface area contributed by atoms with Crippen LogP contribution in [0.5, 0.6) is 0 Å². The lowest BCUT2D eigenvalue weighted by atomic mass is 10.2. The first-order valence-corrected chi connectivity index (χ1v) is 9.19. The second-order valence-corrected chi connectivity index (χ2v) is 7.70. The van der Waals surface area contributed by atoms with Crippen LogP contribution in [-0.4, -0.2) is 43.9 Å². The molecule has 0 spiro atoms. The summed E-state index contributed by atoms with van der Waals surface area (Å²) < 4.78 is 26.6. The van der Waals surface area contributed by atoms with E-state index in [0.29, 0.717) is 36.8 Å². The van der Waals surface area contributed by atoms with Crippen molar-refractivity contribution in [2.45, 2.75) is 4.90 Å². The number of rotatable bonds is 3. The van der Waals surface area contributed by atoms with Gasteiger partial charge in [0, 0.05) is 44.3 Å².